The lowest BCUT2D eigenvalue weighted by Crippen LogP contribution is -2.34. The Labute approximate surface area is 105 Å². The molecule has 102 valence electrons. The van der Waals surface area contributed by atoms with Gasteiger partial charge in [-0.25, -0.2) is 0 Å². The molecule has 0 unspecified atom stereocenters. The molecule has 4 nitrogen and oxygen atoms in total. The van der Waals surface area contributed by atoms with Crippen molar-refractivity contribution in [3.05, 3.63) is 0 Å². The molecule has 2 aliphatic rings. The third-order valence-corrected chi connectivity index (χ3v) is 2.92. The van der Waals surface area contributed by atoms with Crippen molar-refractivity contribution in [1.82, 2.24) is 4.90 Å². The molecule has 1 saturated heterocycles. The summed E-state index contributed by atoms with van der Waals surface area (Å²) in [7, 11) is 0. The second kappa shape index (κ2) is 7.67. The average Bonchev–Trinajstić information content (AvgIpc) is 2.90. The fraction of sp³-hybridized carbons (Fsp3) is 0.923. The molecule has 1 aliphatic heterocycles. The Bertz CT molecular complexity index is 223. The van der Waals surface area contributed by atoms with E-state index >= 15 is 0 Å². The second-order valence-corrected chi connectivity index (χ2v) is 4.86. The Hall–Kier alpha value is -0.610. The Morgan fingerprint density at radius 3 is 2.12 bits per heavy atom. The SMILES string of the molecule is CC.CC(C)O.NCC(=O)N1CCC2(CC2)C1. The molecule has 2 rings (SSSR count). The molecular weight excluding hydrogens is 216 g/mol. The van der Waals surface area contributed by atoms with Crippen LogP contribution in [0.4, 0.5) is 0 Å². The first-order chi connectivity index (χ1) is 7.99. The summed E-state index contributed by atoms with van der Waals surface area (Å²) in [5.41, 5.74) is 5.82. The Morgan fingerprint density at radius 1 is 1.35 bits per heavy atom. The number of carbonyl (C=O) groups excluding carboxylic acids is 1. The minimum absolute atomic E-state index is 0.119. The van der Waals surface area contributed by atoms with E-state index in [1.54, 1.807) is 13.8 Å². The van der Waals surface area contributed by atoms with Gasteiger partial charge in [0.25, 0.3) is 0 Å². The van der Waals surface area contributed by atoms with E-state index in [2.05, 4.69) is 0 Å². The Balaban J connectivity index is 0.000000368. The van der Waals surface area contributed by atoms with Crippen molar-refractivity contribution >= 4 is 5.91 Å². The summed E-state index contributed by atoms with van der Waals surface area (Å²) in [6, 6.07) is 0. The first kappa shape index (κ1) is 16.4. The van der Waals surface area contributed by atoms with Crippen molar-refractivity contribution in [3.8, 4) is 0 Å². The van der Waals surface area contributed by atoms with E-state index in [1.807, 2.05) is 18.7 Å². The van der Waals surface area contributed by atoms with E-state index in [9.17, 15) is 4.79 Å². The number of aliphatic hydroxyl groups excluding tert-OH is 1. The zero-order chi connectivity index (χ0) is 13.5. The van der Waals surface area contributed by atoms with E-state index in [1.165, 1.54) is 19.3 Å². The van der Waals surface area contributed by atoms with Crippen LogP contribution in [-0.2, 0) is 4.79 Å². The number of hydrogen-bond donors (Lipinski definition) is 2. The summed E-state index contributed by atoms with van der Waals surface area (Å²) >= 11 is 0. The van der Waals surface area contributed by atoms with Crippen molar-refractivity contribution in [1.29, 1.82) is 0 Å². The lowest BCUT2D eigenvalue weighted by Gasteiger charge is -2.14. The molecular formula is C13H28N2O2. The van der Waals surface area contributed by atoms with Gasteiger partial charge in [0.1, 0.15) is 0 Å². The summed E-state index contributed by atoms with van der Waals surface area (Å²) in [5, 5.41) is 8.06. The summed E-state index contributed by atoms with van der Waals surface area (Å²) in [6.45, 7) is 9.54. The lowest BCUT2D eigenvalue weighted by molar-refractivity contribution is -0.128. The molecule has 2 fully saturated rings. The summed E-state index contributed by atoms with van der Waals surface area (Å²) in [5.74, 6) is 0.119. The molecule has 0 atom stereocenters. The molecule has 1 heterocycles. The maximum absolute atomic E-state index is 11.1. The predicted molar refractivity (Wildman–Crippen MR) is 70.6 cm³/mol. The molecule has 1 spiro atoms. The van der Waals surface area contributed by atoms with Crippen LogP contribution in [-0.4, -0.2) is 41.7 Å². The summed E-state index contributed by atoms with van der Waals surface area (Å²) in [6.07, 6.45) is 3.68. The van der Waals surface area contributed by atoms with E-state index < -0.39 is 0 Å². The maximum atomic E-state index is 11.1. The molecule has 1 amide bonds. The van der Waals surface area contributed by atoms with Crippen LogP contribution in [0, 0.1) is 5.41 Å². The number of carbonyl (C=O) groups is 1. The fourth-order valence-corrected chi connectivity index (χ4v) is 1.86. The van der Waals surface area contributed by atoms with Crippen LogP contribution in [0.15, 0.2) is 0 Å². The first-order valence-corrected chi connectivity index (χ1v) is 6.65. The number of hydrogen-bond acceptors (Lipinski definition) is 3. The lowest BCUT2D eigenvalue weighted by atomic mass is 10.1. The molecule has 4 heteroatoms. The second-order valence-electron chi connectivity index (χ2n) is 4.86. The topological polar surface area (TPSA) is 66.6 Å². The van der Waals surface area contributed by atoms with Gasteiger partial charge in [0.2, 0.25) is 5.91 Å². The van der Waals surface area contributed by atoms with Crippen molar-refractivity contribution in [2.24, 2.45) is 11.1 Å². The van der Waals surface area contributed by atoms with Crippen LogP contribution < -0.4 is 5.73 Å². The minimum Gasteiger partial charge on any atom is -0.394 e. The Kier molecular flexibility index (Phi) is 7.39. The molecule has 1 aliphatic carbocycles. The van der Waals surface area contributed by atoms with E-state index in [-0.39, 0.29) is 18.6 Å². The maximum Gasteiger partial charge on any atom is 0.236 e. The number of amides is 1. The molecule has 17 heavy (non-hydrogen) atoms. The van der Waals surface area contributed by atoms with Crippen LogP contribution in [0.2, 0.25) is 0 Å². The van der Waals surface area contributed by atoms with Crippen LogP contribution in [0.5, 0.6) is 0 Å². The van der Waals surface area contributed by atoms with Crippen LogP contribution in [0.1, 0.15) is 47.0 Å². The Morgan fingerprint density at radius 2 is 1.82 bits per heavy atom. The standard InChI is InChI=1S/C8H14N2O.C3H8O.C2H6/c9-5-7(11)10-4-3-8(6-10)1-2-8;1-3(2)4;1-2/h1-6,9H2;3-4H,1-2H3;1-2H3. The van der Waals surface area contributed by atoms with Gasteiger partial charge in [-0.1, -0.05) is 13.8 Å². The average molecular weight is 244 g/mol. The van der Waals surface area contributed by atoms with Gasteiger partial charge in [0, 0.05) is 19.2 Å². The number of nitrogens with zero attached hydrogens (tertiary/aromatic N) is 1. The molecule has 1 saturated carbocycles. The zero-order valence-corrected chi connectivity index (χ0v) is 11.7. The minimum atomic E-state index is -0.167. The van der Waals surface area contributed by atoms with Gasteiger partial charge in [0.15, 0.2) is 0 Å². The number of aliphatic hydroxyl groups is 1. The highest BCUT2D eigenvalue weighted by atomic mass is 16.3. The van der Waals surface area contributed by atoms with Crippen molar-refractivity contribution in [3.63, 3.8) is 0 Å². The third-order valence-electron chi connectivity index (χ3n) is 2.92. The zero-order valence-electron chi connectivity index (χ0n) is 11.7. The summed E-state index contributed by atoms with van der Waals surface area (Å²) in [4.78, 5) is 13.0. The third kappa shape index (κ3) is 6.03. The first-order valence-electron chi connectivity index (χ1n) is 6.65. The number of likely N-dealkylation sites (tertiary alicyclic amines) is 1. The monoisotopic (exact) mass is 244 g/mol. The fourth-order valence-electron chi connectivity index (χ4n) is 1.86. The van der Waals surface area contributed by atoms with Crippen LogP contribution in [0.25, 0.3) is 0 Å². The van der Waals surface area contributed by atoms with Gasteiger partial charge in [-0.3, -0.25) is 4.79 Å². The van der Waals surface area contributed by atoms with Gasteiger partial charge in [-0.2, -0.15) is 0 Å². The van der Waals surface area contributed by atoms with Gasteiger partial charge in [-0.05, 0) is 38.5 Å². The smallest absolute Gasteiger partial charge is 0.236 e. The molecule has 0 aromatic carbocycles. The predicted octanol–water partition coefficient (Wildman–Crippen LogP) is 1.37. The molecule has 3 N–H and O–H groups in total. The van der Waals surface area contributed by atoms with Gasteiger partial charge in [-0.15, -0.1) is 0 Å². The molecule has 0 bridgehead atoms. The quantitative estimate of drug-likeness (QED) is 0.732. The molecule has 0 radical (unpaired) electrons. The highest BCUT2D eigenvalue weighted by Crippen LogP contribution is 2.52. The van der Waals surface area contributed by atoms with E-state index in [0.717, 1.165) is 13.1 Å². The molecule has 0 aromatic heterocycles. The van der Waals surface area contributed by atoms with Gasteiger partial charge in [0.05, 0.1) is 6.54 Å². The highest BCUT2D eigenvalue weighted by molar-refractivity contribution is 5.78. The van der Waals surface area contributed by atoms with Crippen molar-refractivity contribution < 1.29 is 9.90 Å². The van der Waals surface area contributed by atoms with E-state index in [0.29, 0.717) is 5.41 Å². The van der Waals surface area contributed by atoms with Crippen LogP contribution in [0.3, 0.4) is 0 Å². The summed E-state index contributed by atoms with van der Waals surface area (Å²) < 4.78 is 0. The van der Waals surface area contributed by atoms with Crippen LogP contribution >= 0.6 is 0 Å². The molecule has 0 aromatic rings. The number of nitrogens with two attached hydrogens (primary N) is 1. The largest absolute Gasteiger partial charge is 0.394 e. The van der Waals surface area contributed by atoms with Gasteiger partial charge < -0.3 is 15.7 Å². The normalized spacial score (nSPS) is 19.4. The van der Waals surface area contributed by atoms with E-state index in [4.69, 9.17) is 10.8 Å². The highest BCUT2D eigenvalue weighted by Gasteiger charge is 2.48. The van der Waals surface area contributed by atoms with Crippen molar-refractivity contribution in [2.45, 2.75) is 53.1 Å². The number of rotatable bonds is 1. The van der Waals surface area contributed by atoms with Crippen molar-refractivity contribution in [2.75, 3.05) is 19.6 Å². The van der Waals surface area contributed by atoms with Gasteiger partial charge >= 0.3 is 0 Å².